The van der Waals surface area contributed by atoms with E-state index < -0.39 is 11.7 Å². The Hall–Kier alpha value is -2.25. The average molecular weight is 404 g/mol. The number of benzene rings is 2. The van der Waals surface area contributed by atoms with E-state index in [1.165, 1.54) is 18.9 Å². The molecule has 0 aliphatic carbocycles. The molecule has 3 aliphatic rings. The number of hydrogen-bond donors (Lipinski definition) is 1. The van der Waals surface area contributed by atoms with E-state index >= 15 is 0 Å². The van der Waals surface area contributed by atoms with Crippen molar-refractivity contribution < 1.29 is 22.6 Å². The van der Waals surface area contributed by atoms with Crippen molar-refractivity contribution in [3.05, 3.63) is 47.0 Å². The Morgan fingerprint density at radius 2 is 2.07 bits per heavy atom. The number of rotatable bonds is 2. The van der Waals surface area contributed by atoms with Crippen LogP contribution in [0.5, 0.6) is 5.75 Å². The molecule has 1 fully saturated rings. The van der Waals surface area contributed by atoms with Gasteiger partial charge in [-0.15, -0.1) is 0 Å². The van der Waals surface area contributed by atoms with Crippen molar-refractivity contribution in [1.29, 1.82) is 0 Å². The summed E-state index contributed by atoms with van der Waals surface area (Å²) in [5.74, 6) is 0.495. The second-order valence-electron chi connectivity index (χ2n) is 7.90. The van der Waals surface area contributed by atoms with Crippen LogP contribution in [0.3, 0.4) is 0 Å². The van der Waals surface area contributed by atoms with Crippen LogP contribution in [0, 0.1) is 0 Å². The van der Waals surface area contributed by atoms with Gasteiger partial charge in [0.15, 0.2) is 0 Å². The first-order valence-corrected chi connectivity index (χ1v) is 9.95. The highest BCUT2D eigenvalue weighted by Crippen LogP contribution is 2.49. The van der Waals surface area contributed by atoms with Gasteiger partial charge in [-0.25, -0.2) is 0 Å². The minimum atomic E-state index is -4.46. The summed E-state index contributed by atoms with van der Waals surface area (Å²) in [6.07, 6.45) is -3.43. The molecule has 0 bridgehead atoms. The lowest BCUT2D eigenvalue weighted by Crippen LogP contribution is -2.44. The highest BCUT2D eigenvalue weighted by molar-refractivity contribution is 5.78. The van der Waals surface area contributed by atoms with Crippen LogP contribution in [0.25, 0.3) is 11.1 Å². The second kappa shape index (κ2) is 6.92. The molecule has 0 aromatic heterocycles. The largest absolute Gasteiger partial charge is 0.497 e. The maximum absolute atomic E-state index is 13.8. The third-order valence-corrected chi connectivity index (χ3v) is 6.33. The summed E-state index contributed by atoms with van der Waals surface area (Å²) in [4.78, 5) is 2.42. The molecule has 154 valence electrons. The molecule has 1 N–H and O–H groups in total. The molecular formula is C22H23F3N2O2. The smallest absolute Gasteiger partial charge is 0.417 e. The maximum Gasteiger partial charge on any atom is 0.417 e. The number of ether oxygens (including phenoxy) is 2. The number of piperidine rings is 1. The third-order valence-electron chi connectivity index (χ3n) is 6.33. The van der Waals surface area contributed by atoms with Gasteiger partial charge in [0, 0.05) is 36.3 Å². The van der Waals surface area contributed by atoms with Gasteiger partial charge < -0.3 is 19.7 Å². The molecule has 3 heterocycles. The highest BCUT2D eigenvalue weighted by Gasteiger charge is 2.42. The first-order chi connectivity index (χ1) is 14.0. The van der Waals surface area contributed by atoms with Crippen molar-refractivity contribution in [3.8, 4) is 16.9 Å². The highest BCUT2D eigenvalue weighted by atomic mass is 19.4. The zero-order chi connectivity index (χ0) is 20.2. The van der Waals surface area contributed by atoms with Gasteiger partial charge in [0.1, 0.15) is 5.75 Å². The molecule has 0 amide bonds. The van der Waals surface area contributed by atoms with E-state index in [0.717, 1.165) is 43.2 Å². The van der Waals surface area contributed by atoms with Crippen LogP contribution in [0.1, 0.15) is 29.0 Å². The first kappa shape index (κ1) is 18.8. The van der Waals surface area contributed by atoms with Gasteiger partial charge in [0.25, 0.3) is 0 Å². The van der Waals surface area contributed by atoms with Gasteiger partial charge in [-0.3, -0.25) is 0 Å². The number of alkyl halides is 3. The van der Waals surface area contributed by atoms with Gasteiger partial charge in [-0.2, -0.15) is 13.2 Å². The van der Waals surface area contributed by atoms with Crippen molar-refractivity contribution in [1.82, 2.24) is 5.32 Å². The molecule has 7 heteroatoms. The number of halogens is 3. The van der Waals surface area contributed by atoms with E-state index in [-0.39, 0.29) is 11.3 Å². The third kappa shape index (κ3) is 3.07. The van der Waals surface area contributed by atoms with Gasteiger partial charge in [0.05, 0.1) is 25.9 Å². The average Bonchev–Trinajstić information content (AvgIpc) is 2.88. The van der Waals surface area contributed by atoms with Crippen molar-refractivity contribution in [2.75, 3.05) is 38.3 Å². The maximum atomic E-state index is 13.8. The Bertz CT molecular complexity index is 944. The normalized spacial score (nSPS) is 23.4. The monoisotopic (exact) mass is 404 g/mol. The molecule has 1 unspecified atom stereocenters. The molecular weight excluding hydrogens is 381 g/mol. The fraction of sp³-hybridized carbons (Fsp3) is 0.455. The fourth-order valence-corrected chi connectivity index (χ4v) is 5.08. The minimum Gasteiger partial charge on any atom is -0.497 e. The van der Waals surface area contributed by atoms with E-state index in [4.69, 9.17) is 9.47 Å². The number of anilines is 1. The van der Waals surface area contributed by atoms with Crippen LogP contribution < -0.4 is 15.0 Å². The lowest BCUT2D eigenvalue weighted by atomic mass is 9.87. The first-order valence-electron chi connectivity index (χ1n) is 9.95. The summed E-state index contributed by atoms with van der Waals surface area (Å²) < 4.78 is 52.3. The van der Waals surface area contributed by atoms with Crippen LogP contribution in [-0.2, 0) is 17.5 Å². The number of nitrogens with zero attached hydrogens (tertiary/aromatic N) is 1. The van der Waals surface area contributed by atoms with Crippen molar-refractivity contribution in [2.24, 2.45) is 0 Å². The quantitative estimate of drug-likeness (QED) is 0.815. The van der Waals surface area contributed by atoms with Gasteiger partial charge in [-0.05, 0) is 53.9 Å². The predicted octanol–water partition coefficient (Wildman–Crippen LogP) is 4.18. The van der Waals surface area contributed by atoms with Crippen LogP contribution in [0.4, 0.5) is 18.9 Å². The molecule has 0 spiro atoms. The second-order valence-corrected chi connectivity index (χ2v) is 7.90. The molecule has 2 aromatic carbocycles. The van der Waals surface area contributed by atoms with Crippen molar-refractivity contribution >= 4 is 5.69 Å². The molecule has 0 saturated carbocycles. The summed E-state index contributed by atoms with van der Waals surface area (Å²) in [7, 11) is 1.38. The standard InChI is InChI=1S/C22H23F3N2O2/c1-28-15-2-3-16(19(10-15)22(23,24)25)13-8-14-12-29-7-6-27-20-4-5-26-11-18(20)17(9-13)21(14)27/h2-3,8-10,18,20,26H,4-7,11-12H2,1H3/t18-,20?/m1/s1. The van der Waals surface area contributed by atoms with E-state index in [0.29, 0.717) is 30.7 Å². The lowest BCUT2D eigenvalue weighted by molar-refractivity contribution is -0.137. The molecule has 29 heavy (non-hydrogen) atoms. The van der Waals surface area contributed by atoms with Crippen LogP contribution in [0.2, 0.25) is 0 Å². The SMILES string of the molecule is COc1ccc(-c2cc3c4c(c2)[C@H]2CNCCC2N4CCOC3)c(C(F)(F)F)c1. The van der Waals surface area contributed by atoms with Crippen molar-refractivity contribution in [3.63, 3.8) is 0 Å². The number of nitrogens with one attached hydrogen (secondary N) is 1. The van der Waals surface area contributed by atoms with Gasteiger partial charge in [-0.1, -0.05) is 6.07 Å². The Labute approximate surface area is 167 Å². The summed E-state index contributed by atoms with van der Waals surface area (Å²) in [5, 5.41) is 3.45. The Morgan fingerprint density at radius 3 is 2.86 bits per heavy atom. The van der Waals surface area contributed by atoms with Crippen LogP contribution in [-0.4, -0.2) is 39.4 Å². The Balaban J connectivity index is 1.69. The van der Waals surface area contributed by atoms with E-state index in [1.807, 2.05) is 12.1 Å². The number of hydrogen-bond acceptors (Lipinski definition) is 4. The lowest BCUT2D eigenvalue weighted by Gasteiger charge is -2.33. The summed E-state index contributed by atoms with van der Waals surface area (Å²) in [5.41, 5.74) is 3.39. The molecule has 5 rings (SSSR count). The molecule has 2 atom stereocenters. The minimum absolute atomic E-state index is 0.181. The predicted molar refractivity (Wildman–Crippen MR) is 104 cm³/mol. The van der Waals surface area contributed by atoms with E-state index in [9.17, 15) is 13.2 Å². The van der Waals surface area contributed by atoms with Crippen LogP contribution >= 0.6 is 0 Å². The molecule has 0 radical (unpaired) electrons. The summed E-state index contributed by atoms with van der Waals surface area (Å²) in [6, 6.07) is 8.40. The fourth-order valence-electron chi connectivity index (χ4n) is 5.08. The zero-order valence-corrected chi connectivity index (χ0v) is 16.2. The molecule has 2 aromatic rings. The topological polar surface area (TPSA) is 33.7 Å². The Morgan fingerprint density at radius 1 is 1.21 bits per heavy atom. The van der Waals surface area contributed by atoms with E-state index in [2.05, 4.69) is 10.2 Å². The number of fused-ring (bicyclic) bond motifs is 3. The van der Waals surface area contributed by atoms with Crippen molar-refractivity contribution in [2.45, 2.75) is 31.2 Å². The Kier molecular flexibility index (Phi) is 4.47. The molecule has 3 aliphatic heterocycles. The summed E-state index contributed by atoms with van der Waals surface area (Å²) >= 11 is 0. The number of methoxy groups -OCH3 is 1. The molecule has 1 saturated heterocycles. The summed E-state index contributed by atoms with van der Waals surface area (Å²) in [6.45, 7) is 3.71. The van der Waals surface area contributed by atoms with Crippen LogP contribution in [0.15, 0.2) is 30.3 Å². The van der Waals surface area contributed by atoms with Gasteiger partial charge >= 0.3 is 6.18 Å². The molecule has 4 nitrogen and oxygen atoms in total. The van der Waals surface area contributed by atoms with Gasteiger partial charge in [0.2, 0.25) is 0 Å². The zero-order valence-electron chi connectivity index (χ0n) is 16.2. The van der Waals surface area contributed by atoms with E-state index in [1.54, 1.807) is 6.07 Å².